The van der Waals surface area contributed by atoms with E-state index in [2.05, 4.69) is 56.3 Å². The summed E-state index contributed by atoms with van der Waals surface area (Å²) in [6, 6.07) is 2.42. The average Bonchev–Trinajstić information content (AvgIpc) is 3.69. The molecular formula is C59H78N2O11. The Labute approximate surface area is 423 Å². The van der Waals surface area contributed by atoms with Crippen LogP contribution in [0.5, 0.6) is 0 Å². The monoisotopic (exact) mass is 991 g/mol. The minimum absolute atomic E-state index is 0.0589. The van der Waals surface area contributed by atoms with Gasteiger partial charge in [-0.2, -0.15) is 0 Å². The van der Waals surface area contributed by atoms with Crippen molar-refractivity contribution in [2.45, 2.75) is 178 Å². The third kappa shape index (κ3) is 5.14. The fourth-order valence-corrected chi connectivity index (χ4v) is 22.9. The molecular weight excluding hydrogens is 913 g/mol. The third-order valence-corrected chi connectivity index (χ3v) is 24.8. The Morgan fingerprint density at radius 2 is 1.78 bits per heavy atom. The van der Waals surface area contributed by atoms with E-state index in [4.69, 9.17) is 23.4 Å². The first-order chi connectivity index (χ1) is 34.7. The molecule has 4 spiro atoms. The second-order valence-corrected chi connectivity index (χ2v) is 27.5. The van der Waals surface area contributed by atoms with Crippen molar-refractivity contribution in [3.05, 3.63) is 47.6 Å². The van der Waals surface area contributed by atoms with Gasteiger partial charge >= 0.3 is 11.9 Å². The number of aliphatic hydroxyl groups is 3. The molecule has 0 aromatic carbocycles. The molecule has 7 saturated carbocycles. The standard InChI is InChI=1S/C59H78N2O11/c1-30(2)19-36-22-37-21-35-11-8-16-55(35)25-33-24-53(3)49(39-15-18-68-43(39)23-40(42(63)27-62)31-12-13-38-32(20-31)14-17-61-29-60-26-41(38)61)70-52(67)50-59(53,71-50)57(34-9-6-5-7-10-34)45(33)56-28-69-51(66)47(55)58(37,56)72-54(36,4)46(56)44(64)48(57)65/h14-15,17-18,22,30-36,38,40-42,45-50,60,62-63,65H,5-13,16,19-21,23-29H2,1-4H3/t31-,32+,33-,35+,36+,38-,40-,41+,42+,45+,46+,47-,48+,49-,50+,53-,54-,55-,56+,57-,58-,59+/m0/s1. The Hall–Kier alpha value is -3.07. The van der Waals surface area contributed by atoms with Crippen LogP contribution in [0.4, 0.5) is 0 Å². The van der Waals surface area contributed by atoms with Crippen LogP contribution in [0.25, 0.3) is 0 Å². The Balaban J connectivity index is 0.903. The van der Waals surface area contributed by atoms with Gasteiger partial charge in [-0.3, -0.25) is 14.9 Å². The highest BCUT2D eigenvalue weighted by molar-refractivity contribution is 5.94. The van der Waals surface area contributed by atoms with Crippen molar-refractivity contribution in [3.63, 3.8) is 0 Å². The molecule has 22 atom stereocenters. The van der Waals surface area contributed by atoms with Crippen molar-refractivity contribution >= 4 is 17.7 Å². The number of Topliss-reactive ketones (excluding diaryl/α,β-unsaturated/α-hetero) is 1. The Morgan fingerprint density at radius 3 is 2.58 bits per heavy atom. The molecule has 72 heavy (non-hydrogen) atoms. The van der Waals surface area contributed by atoms with Crippen molar-refractivity contribution in [3.8, 4) is 0 Å². The van der Waals surface area contributed by atoms with Crippen LogP contribution in [0.1, 0.15) is 141 Å². The Morgan fingerprint density at radius 1 is 0.958 bits per heavy atom. The fourth-order valence-electron chi connectivity index (χ4n) is 22.9. The van der Waals surface area contributed by atoms with E-state index in [1.165, 1.54) is 5.57 Å². The molecule has 12 fully saturated rings. The summed E-state index contributed by atoms with van der Waals surface area (Å²) in [7, 11) is 0. The second kappa shape index (κ2) is 15.1. The number of epoxide rings is 1. The number of fused-ring (bicyclic) bond motifs is 5. The smallest absolute Gasteiger partial charge is 0.339 e. The highest BCUT2D eigenvalue weighted by Gasteiger charge is 2.98. The van der Waals surface area contributed by atoms with Gasteiger partial charge in [0.15, 0.2) is 11.9 Å². The van der Waals surface area contributed by atoms with Crippen molar-refractivity contribution in [1.29, 1.82) is 0 Å². The van der Waals surface area contributed by atoms with Crippen molar-refractivity contribution < 1.29 is 53.1 Å². The summed E-state index contributed by atoms with van der Waals surface area (Å²) in [4.78, 5) is 49.5. The van der Waals surface area contributed by atoms with E-state index in [-0.39, 0.29) is 66.4 Å². The molecule has 1 aromatic rings. The number of nitrogens with zero attached hydrogens (tertiary/aromatic N) is 1. The zero-order valence-corrected chi connectivity index (χ0v) is 42.9. The maximum Gasteiger partial charge on any atom is 0.339 e. The highest BCUT2D eigenvalue weighted by Crippen LogP contribution is 2.90. The topological polar surface area (TPSA) is 181 Å². The number of esters is 2. The number of furan rings is 1. The number of nitrogens with one attached hydrogen (secondary N) is 1. The number of ketones is 1. The number of cyclic esters (lactones) is 2. The Bertz CT molecular complexity index is 2550. The predicted molar refractivity (Wildman–Crippen MR) is 260 cm³/mol. The molecule has 0 radical (unpaired) electrons. The van der Waals surface area contributed by atoms with Crippen LogP contribution in [0, 0.1) is 92.7 Å². The number of hydrogen-bond acceptors (Lipinski definition) is 13. The summed E-state index contributed by atoms with van der Waals surface area (Å²) in [5, 5.41) is 40.1. The van der Waals surface area contributed by atoms with Crippen molar-refractivity contribution in [1.82, 2.24) is 10.2 Å². The van der Waals surface area contributed by atoms with Crippen LogP contribution >= 0.6 is 0 Å². The number of allylic oxidation sites excluding steroid dienone is 1. The van der Waals surface area contributed by atoms with Gasteiger partial charge in [-0.15, -0.1) is 0 Å². The summed E-state index contributed by atoms with van der Waals surface area (Å²) in [6.45, 7) is 10.4. The normalized spacial score (nSPS) is 52.8. The van der Waals surface area contributed by atoms with Gasteiger partial charge in [0.2, 0.25) is 0 Å². The molecule has 390 valence electrons. The van der Waals surface area contributed by atoms with E-state index in [9.17, 15) is 15.3 Å². The molecule has 13 heteroatoms. The lowest BCUT2D eigenvalue weighted by molar-refractivity contribution is -0.300. The SMILES string of the molecule is CC(C)C[C@@H]1C=C2C[C@H]3CCC[C@]34C[C@@H]3C[C@@]5(C)[C@H](c6ccoc6C[C@@H]([C@H]6CC[C@H]7[C@H](C=CN8CNC[C@H]78)C6)[C@H](O)CO)OC(=O)[C@H]6O[C@]65[C@]5(C6CCCCC6)[C@H](O)C(=O)[C@@H]6[C@@]1(C)O[C@]21[C@H]4C(=O)OC[C@@]61[C@@H]35. The van der Waals surface area contributed by atoms with Crippen LogP contribution in [-0.2, 0) is 39.8 Å². The van der Waals surface area contributed by atoms with Gasteiger partial charge in [-0.25, -0.2) is 4.79 Å². The maximum absolute atomic E-state index is 16.6. The van der Waals surface area contributed by atoms with E-state index in [1.807, 2.05) is 6.07 Å². The number of carbonyl (C=O) groups excluding carboxylic acids is 3. The van der Waals surface area contributed by atoms with Crippen molar-refractivity contribution in [2.24, 2.45) is 92.7 Å². The molecule has 13 nitrogen and oxygen atoms in total. The average molecular weight is 991 g/mol. The third-order valence-electron chi connectivity index (χ3n) is 24.8. The van der Waals surface area contributed by atoms with Gasteiger partial charge in [-0.05, 0) is 154 Å². The second-order valence-electron chi connectivity index (χ2n) is 27.5. The highest BCUT2D eigenvalue weighted by atomic mass is 16.7. The van der Waals surface area contributed by atoms with Gasteiger partial charge in [0, 0.05) is 41.3 Å². The Kier molecular flexibility index (Phi) is 9.70. The van der Waals surface area contributed by atoms with Gasteiger partial charge in [0.05, 0.1) is 48.5 Å². The summed E-state index contributed by atoms with van der Waals surface area (Å²) in [6.07, 6.45) is 18.2. The van der Waals surface area contributed by atoms with E-state index >= 15 is 14.4 Å². The molecule has 14 aliphatic rings. The number of ether oxygens (including phenoxy) is 4. The fraction of sp³-hybridized carbons (Fsp3) is 0.814. The van der Waals surface area contributed by atoms with Crippen LogP contribution < -0.4 is 5.32 Å². The van der Waals surface area contributed by atoms with E-state index in [0.29, 0.717) is 42.4 Å². The molecule has 1 aromatic heterocycles. The molecule has 4 N–H and O–H groups in total. The van der Waals surface area contributed by atoms with E-state index < -0.39 is 80.7 Å². The molecule has 5 bridgehead atoms. The summed E-state index contributed by atoms with van der Waals surface area (Å²) >= 11 is 0. The molecule has 7 aliphatic heterocycles. The van der Waals surface area contributed by atoms with E-state index in [1.54, 1.807) is 6.26 Å². The lowest BCUT2D eigenvalue weighted by Crippen LogP contribution is -2.82. The molecule has 5 saturated heterocycles. The molecule has 7 aliphatic carbocycles. The largest absolute Gasteiger partial charge is 0.469 e. The summed E-state index contributed by atoms with van der Waals surface area (Å²) in [5.41, 5.74) is -4.98. The molecule has 8 heterocycles. The summed E-state index contributed by atoms with van der Waals surface area (Å²) in [5.74, 6) is -0.907. The molecule has 15 rings (SSSR count). The lowest BCUT2D eigenvalue weighted by atomic mass is 9.30. The zero-order valence-electron chi connectivity index (χ0n) is 42.9. The summed E-state index contributed by atoms with van der Waals surface area (Å²) < 4.78 is 35.6. The maximum atomic E-state index is 16.6. The van der Waals surface area contributed by atoms with Crippen LogP contribution in [-0.4, -0.2) is 106 Å². The molecule has 0 amide bonds. The van der Waals surface area contributed by atoms with Gasteiger partial charge in [0.25, 0.3) is 0 Å². The number of hydrogen-bond donors (Lipinski definition) is 4. The number of carbonyl (C=O) groups is 3. The minimum atomic E-state index is -1.45. The van der Waals surface area contributed by atoms with Crippen LogP contribution in [0.15, 0.2) is 40.7 Å². The van der Waals surface area contributed by atoms with Gasteiger partial charge in [-0.1, -0.05) is 58.6 Å². The molecule has 0 unspecified atom stereocenters. The first-order valence-corrected chi connectivity index (χ1v) is 28.8. The first-order valence-electron chi connectivity index (χ1n) is 28.8. The number of rotatable bonds is 9. The van der Waals surface area contributed by atoms with Gasteiger partial charge < -0.3 is 43.6 Å². The van der Waals surface area contributed by atoms with Crippen LogP contribution in [0.3, 0.4) is 0 Å². The van der Waals surface area contributed by atoms with E-state index in [0.717, 1.165) is 109 Å². The van der Waals surface area contributed by atoms with Crippen LogP contribution in [0.2, 0.25) is 0 Å². The minimum Gasteiger partial charge on any atom is -0.469 e. The predicted octanol–water partition coefficient (Wildman–Crippen LogP) is 6.97. The first kappa shape index (κ1) is 46.2. The quantitative estimate of drug-likeness (QED) is 0.113. The van der Waals surface area contributed by atoms with Crippen molar-refractivity contribution in [2.75, 3.05) is 26.4 Å². The number of aliphatic hydroxyl groups excluding tert-OH is 3. The van der Waals surface area contributed by atoms with Gasteiger partial charge in [0.1, 0.15) is 35.8 Å². The zero-order chi connectivity index (χ0) is 49.3. The lowest BCUT2D eigenvalue weighted by Gasteiger charge is -2.72.